The number of anilines is 2. The van der Waals surface area contributed by atoms with Gasteiger partial charge in [-0.05, 0) is 55.9 Å². The van der Waals surface area contributed by atoms with Crippen LogP contribution in [0.25, 0.3) is 0 Å². The van der Waals surface area contributed by atoms with Crippen LogP contribution in [0.1, 0.15) is 31.4 Å². The second-order valence-corrected chi connectivity index (χ2v) is 8.86. The standard InChI is InChI=1S/C18H23N5O3S/c1-12(13-2-3-13)23-17(6-8-20-23)21-18(24)11-22-9-7-14-10-15(27(19,25)26)4-5-16(14)22/h4-6,8,10,12-13H,2-3,7,9,11H2,1H3,(H,21,24)(H2,19,25,26). The van der Waals surface area contributed by atoms with Crippen LogP contribution in [0.4, 0.5) is 11.5 Å². The topological polar surface area (TPSA) is 110 Å². The summed E-state index contributed by atoms with van der Waals surface area (Å²) < 4.78 is 24.9. The highest BCUT2D eigenvalue weighted by molar-refractivity contribution is 7.89. The summed E-state index contributed by atoms with van der Waals surface area (Å²) in [4.78, 5) is 14.6. The summed E-state index contributed by atoms with van der Waals surface area (Å²) in [5, 5.41) is 12.5. The highest BCUT2D eigenvalue weighted by Crippen LogP contribution is 2.40. The van der Waals surface area contributed by atoms with Crippen molar-refractivity contribution < 1.29 is 13.2 Å². The van der Waals surface area contributed by atoms with Gasteiger partial charge in [0.15, 0.2) is 0 Å². The van der Waals surface area contributed by atoms with Crippen LogP contribution < -0.4 is 15.4 Å². The Hall–Kier alpha value is -2.39. The molecule has 1 amide bonds. The molecule has 1 aromatic carbocycles. The molecular weight excluding hydrogens is 366 g/mol. The minimum atomic E-state index is -3.72. The second kappa shape index (κ2) is 6.65. The van der Waals surface area contributed by atoms with Crippen molar-refractivity contribution in [2.45, 2.75) is 37.1 Å². The fourth-order valence-corrected chi connectivity index (χ4v) is 4.22. The number of aromatic nitrogens is 2. The van der Waals surface area contributed by atoms with E-state index >= 15 is 0 Å². The Labute approximate surface area is 158 Å². The fraction of sp³-hybridized carbons (Fsp3) is 0.444. The number of carbonyl (C=O) groups is 1. The van der Waals surface area contributed by atoms with E-state index in [0.29, 0.717) is 24.7 Å². The number of fused-ring (bicyclic) bond motifs is 1. The zero-order valence-electron chi connectivity index (χ0n) is 15.1. The maximum absolute atomic E-state index is 12.6. The molecular formula is C18H23N5O3S. The Morgan fingerprint density at radius 2 is 2.15 bits per heavy atom. The number of sulfonamides is 1. The summed E-state index contributed by atoms with van der Waals surface area (Å²) in [5.74, 6) is 1.23. The van der Waals surface area contributed by atoms with Crippen molar-refractivity contribution >= 4 is 27.4 Å². The van der Waals surface area contributed by atoms with E-state index in [-0.39, 0.29) is 23.4 Å². The van der Waals surface area contributed by atoms with Crippen LogP contribution >= 0.6 is 0 Å². The molecule has 1 fully saturated rings. The van der Waals surface area contributed by atoms with Crippen molar-refractivity contribution in [3.63, 3.8) is 0 Å². The first-order valence-corrected chi connectivity index (χ1v) is 10.6. The molecule has 0 spiro atoms. The lowest BCUT2D eigenvalue weighted by molar-refractivity contribution is -0.115. The number of nitrogens with two attached hydrogens (primary N) is 1. The molecule has 1 aliphatic carbocycles. The van der Waals surface area contributed by atoms with Gasteiger partial charge >= 0.3 is 0 Å². The molecule has 2 aromatic rings. The van der Waals surface area contributed by atoms with Crippen LogP contribution in [0, 0.1) is 5.92 Å². The lowest BCUT2D eigenvalue weighted by Gasteiger charge is -2.20. The predicted octanol–water partition coefficient (Wildman–Crippen LogP) is 1.50. The lowest BCUT2D eigenvalue weighted by Crippen LogP contribution is -2.32. The molecule has 1 aromatic heterocycles. The molecule has 1 aliphatic heterocycles. The van der Waals surface area contributed by atoms with Crippen LogP contribution in [-0.4, -0.2) is 37.2 Å². The van der Waals surface area contributed by atoms with Crippen molar-refractivity contribution in [3.05, 3.63) is 36.0 Å². The molecule has 2 aliphatic rings. The number of amides is 1. The van der Waals surface area contributed by atoms with Crippen LogP contribution in [-0.2, 0) is 21.2 Å². The van der Waals surface area contributed by atoms with E-state index in [2.05, 4.69) is 17.3 Å². The van der Waals surface area contributed by atoms with Crippen molar-refractivity contribution in [1.29, 1.82) is 0 Å². The lowest BCUT2D eigenvalue weighted by atomic mass is 10.2. The third-order valence-corrected chi connectivity index (χ3v) is 6.24. The van der Waals surface area contributed by atoms with Gasteiger partial charge in [0.05, 0.1) is 23.7 Å². The van der Waals surface area contributed by atoms with E-state index in [1.165, 1.54) is 18.9 Å². The van der Waals surface area contributed by atoms with Crippen LogP contribution in [0.15, 0.2) is 35.4 Å². The second-order valence-electron chi connectivity index (χ2n) is 7.29. The number of nitrogens with zero attached hydrogens (tertiary/aromatic N) is 3. The Balaban J connectivity index is 1.44. The van der Waals surface area contributed by atoms with Gasteiger partial charge in [-0.1, -0.05) is 0 Å². The van der Waals surface area contributed by atoms with Crippen LogP contribution in [0.3, 0.4) is 0 Å². The van der Waals surface area contributed by atoms with Crippen molar-refractivity contribution in [2.24, 2.45) is 11.1 Å². The quantitative estimate of drug-likeness (QED) is 0.778. The molecule has 0 radical (unpaired) electrons. The predicted molar refractivity (Wildman–Crippen MR) is 102 cm³/mol. The summed E-state index contributed by atoms with van der Waals surface area (Å²) in [6.07, 6.45) is 4.80. The number of rotatable bonds is 6. The average Bonchev–Trinajstić information content (AvgIpc) is 3.25. The molecule has 144 valence electrons. The van der Waals surface area contributed by atoms with Gasteiger partial charge in [-0.25, -0.2) is 18.2 Å². The number of hydrogen-bond donors (Lipinski definition) is 2. The monoisotopic (exact) mass is 389 g/mol. The highest BCUT2D eigenvalue weighted by Gasteiger charge is 2.31. The first-order valence-electron chi connectivity index (χ1n) is 9.07. The van der Waals surface area contributed by atoms with Gasteiger partial charge in [0.25, 0.3) is 0 Å². The molecule has 2 heterocycles. The largest absolute Gasteiger partial charge is 0.362 e. The van der Waals surface area contributed by atoms with Gasteiger partial charge in [-0.3, -0.25) is 4.79 Å². The summed E-state index contributed by atoms with van der Waals surface area (Å²) in [7, 11) is -3.72. The van der Waals surface area contributed by atoms with Gasteiger partial charge in [0.2, 0.25) is 15.9 Å². The van der Waals surface area contributed by atoms with Gasteiger partial charge in [-0.2, -0.15) is 5.10 Å². The number of benzene rings is 1. The Bertz CT molecular complexity index is 981. The summed E-state index contributed by atoms with van der Waals surface area (Å²) in [6, 6.07) is 6.88. The van der Waals surface area contributed by atoms with Crippen LogP contribution in [0.2, 0.25) is 0 Å². The van der Waals surface area contributed by atoms with Crippen LogP contribution in [0.5, 0.6) is 0 Å². The molecule has 0 saturated heterocycles. The van der Waals surface area contributed by atoms with E-state index in [9.17, 15) is 13.2 Å². The number of nitrogens with one attached hydrogen (secondary N) is 1. The molecule has 0 bridgehead atoms. The third kappa shape index (κ3) is 3.70. The summed E-state index contributed by atoms with van der Waals surface area (Å²) in [5.41, 5.74) is 1.76. The molecule has 1 unspecified atom stereocenters. The van der Waals surface area contributed by atoms with Gasteiger partial charge in [-0.15, -0.1) is 0 Å². The number of primary sulfonamides is 1. The molecule has 4 rings (SSSR count). The third-order valence-electron chi connectivity index (χ3n) is 5.33. The Kier molecular flexibility index (Phi) is 4.43. The van der Waals surface area contributed by atoms with E-state index in [4.69, 9.17) is 5.14 Å². The molecule has 9 heteroatoms. The maximum Gasteiger partial charge on any atom is 0.245 e. The molecule has 1 saturated carbocycles. The van der Waals surface area contributed by atoms with Crippen molar-refractivity contribution in [2.75, 3.05) is 23.3 Å². The number of carbonyl (C=O) groups excluding carboxylic acids is 1. The van der Waals surface area contributed by atoms with E-state index in [0.717, 1.165) is 11.3 Å². The first-order chi connectivity index (χ1) is 12.8. The summed E-state index contributed by atoms with van der Waals surface area (Å²) in [6.45, 7) is 2.99. The normalized spacial score (nSPS) is 17.6. The molecule has 27 heavy (non-hydrogen) atoms. The van der Waals surface area contributed by atoms with Gasteiger partial charge < -0.3 is 10.2 Å². The van der Waals surface area contributed by atoms with Gasteiger partial charge in [0.1, 0.15) is 5.82 Å². The first kappa shape index (κ1) is 18.0. The van der Waals surface area contributed by atoms with E-state index < -0.39 is 10.0 Å². The SMILES string of the molecule is CC(C1CC1)n1nccc1NC(=O)CN1CCc2cc(S(N)(=O)=O)ccc21. The minimum absolute atomic E-state index is 0.102. The molecule has 8 nitrogen and oxygen atoms in total. The average molecular weight is 389 g/mol. The van der Waals surface area contributed by atoms with E-state index in [1.54, 1.807) is 18.3 Å². The molecule has 3 N–H and O–H groups in total. The minimum Gasteiger partial charge on any atom is -0.362 e. The van der Waals surface area contributed by atoms with Crippen molar-refractivity contribution in [3.8, 4) is 0 Å². The summed E-state index contributed by atoms with van der Waals surface area (Å²) >= 11 is 0. The molecule has 1 atom stereocenters. The Morgan fingerprint density at radius 1 is 1.37 bits per heavy atom. The maximum atomic E-state index is 12.6. The highest BCUT2D eigenvalue weighted by atomic mass is 32.2. The van der Waals surface area contributed by atoms with Crippen molar-refractivity contribution in [1.82, 2.24) is 9.78 Å². The number of hydrogen-bond acceptors (Lipinski definition) is 5. The zero-order valence-corrected chi connectivity index (χ0v) is 15.9. The van der Waals surface area contributed by atoms with E-state index in [1.807, 2.05) is 15.6 Å². The smallest absolute Gasteiger partial charge is 0.245 e. The zero-order chi connectivity index (χ0) is 19.2. The van der Waals surface area contributed by atoms with Gasteiger partial charge in [0, 0.05) is 18.3 Å². The fourth-order valence-electron chi connectivity index (χ4n) is 3.66. The Morgan fingerprint density at radius 3 is 2.85 bits per heavy atom.